The zero-order valence-electron chi connectivity index (χ0n) is 16.9. The van der Waals surface area contributed by atoms with Crippen molar-refractivity contribution in [2.45, 2.75) is 32.7 Å². The average molecular weight is 408 g/mol. The highest BCUT2D eigenvalue weighted by Gasteiger charge is 2.34. The summed E-state index contributed by atoms with van der Waals surface area (Å²) in [6, 6.07) is 12.5. The molecule has 4 amide bonds. The molecule has 0 aromatic heterocycles. The lowest BCUT2D eigenvalue weighted by atomic mass is 10.1. The first-order chi connectivity index (χ1) is 14.3. The smallest absolute Gasteiger partial charge is 0.322 e. The number of hydrogen-bond acceptors (Lipinski definition) is 4. The fraction of sp³-hybridized carbons (Fsp3) is 0.273. The van der Waals surface area contributed by atoms with E-state index in [4.69, 9.17) is 0 Å². The fourth-order valence-corrected chi connectivity index (χ4v) is 3.36. The van der Waals surface area contributed by atoms with E-state index in [2.05, 4.69) is 16.0 Å². The number of hydrogen-bond donors (Lipinski definition) is 3. The van der Waals surface area contributed by atoms with Crippen LogP contribution < -0.4 is 16.0 Å². The molecule has 0 aliphatic carbocycles. The van der Waals surface area contributed by atoms with E-state index in [1.165, 1.54) is 18.7 Å². The van der Waals surface area contributed by atoms with Crippen LogP contribution in [-0.2, 0) is 9.59 Å². The van der Waals surface area contributed by atoms with E-state index >= 15 is 0 Å². The first-order valence-electron chi connectivity index (χ1n) is 9.70. The Balaban J connectivity index is 1.63. The molecule has 0 saturated carbocycles. The highest BCUT2D eigenvalue weighted by Crippen LogP contribution is 2.22. The molecule has 1 atom stereocenters. The predicted molar refractivity (Wildman–Crippen MR) is 115 cm³/mol. The van der Waals surface area contributed by atoms with Crippen LogP contribution in [0.15, 0.2) is 48.5 Å². The number of urea groups is 1. The molecule has 1 saturated heterocycles. The monoisotopic (exact) mass is 408 g/mol. The van der Waals surface area contributed by atoms with Crippen LogP contribution in [0.5, 0.6) is 0 Å². The standard InChI is InChI=1S/C22H24N4O4/c1-14(27)16-5-3-6-19(13-16)25-22(30)26-12-4-7-20(26)21(29)24-18-10-8-17(9-11-18)23-15(2)28/h3,5-6,8-11,13,20H,4,7,12H2,1-2H3,(H,23,28)(H,24,29)(H,25,30)/t20-/m1/s1. The van der Waals surface area contributed by atoms with Gasteiger partial charge in [0.2, 0.25) is 11.8 Å². The van der Waals surface area contributed by atoms with Crippen LogP contribution in [0, 0.1) is 0 Å². The SMILES string of the molecule is CC(=O)Nc1ccc(NC(=O)[C@H]2CCCN2C(=O)Nc2cccc(C(C)=O)c2)cc1. The van der Waals surface area contributed by atoms with Crippen molar-refractivity contribution in [2.24, 2.45) is 0 Å². The van der Waals surface area contributed by atoms with Gasteiger partial charge in [0.25, 0.3) is 0 Å². The third-order valence-electron chi connectivity index (χ3n) is 4.81. The van der Waals surface area contributed by atoms with E-state index in [9.17, 15) is 19.2 Å². The Morgan fingerprint density at radius 2 is 1.53 bits per heavy atom. The predicted octanol–water partition coefficient (Wildman–Crippen LogP) is 3.48. The molecular formula is C22H24N4O4. The average Bonchev–Trinajstić information content (AvgIpc) is 3.19. The van der Waals surface area contributed by atoms with Crippen LogP contribution in [0.4, 0.5) is 21.9 Å². The number of benzene rings is 2. The Morgan fingerprint density at radius 1 is 0.867 bits per heavy atom. The molecule has 8 heteroatoms. The van der Waals surface area contributed by atoms with E-state index in [0.717, 1.165) is 6.42 Å². The number of nitrogens with zero attached hydrogens (tertiary/aromatic N) is 1. The lowest BCUT2D eigenvalue weighted by Gasteiger charge is -2.24. The Hall–Kier alpha value is -3.68. The zero-order valence-corrected chi connectivity index (χ0v) is 16.9. The van der Waals surface area contributed by atoms with Gasteiger partial charge in [0.15, 0.2) is 5.78 Å². The maximum atomic E-state index is 12.7. The number of Topliss-reactive ketones (excluding diaryl/α,β-unsaturated/α-hetero) is 1. The molecule has 8 nitrogen and oxygen atoms in total. The van der Waals surface area contributed by atoms with Crippen LogP contribution >= 0.6 is 0 Å². The molecular weight excluding hydrogens is 384 g/mol. The third kappa shape index (κ3) is 5.22. The number of anilines is 3. The Morgan fingerprint density at radius 3 is 2.17 bits per heavy atom. The van der Waals surface area contributed by atoms with Gasteiger partial charge in [-0.1, -0.05) is 12.1 Å². The van der Waals surface area contributed by atoms with Gasteiger partial charge in [-0.25, -0.2) is 4.79 Å². The van der Waals surface area contributed by atoms with E-state index < -0.39 is 6.04 Å². The number of nitrogens with one attached hydrogen (secondary N) is 3. The maximum Gasteiger partial charge on any atom is 0.322 e. The van der Waals surface area contributed by atoms with Gasteiger partial charge >= 0.3 is 6.03 Å². The Labute approximate surface area is 174 Å². The molecule has 1 heterocycles. The van der Waals surface area contributed by atoms with Gasteiger partial charge in [0, 0.05) is 36.1 Å². The number of carbonyl (C=O) groups excluding carboxylic acids is 4. The normalized spacial score (nSPS) is 15.4. The second-order valence-electron chi connectivity index (χ2n) is 7.17. The molecule has 3 N–H and O–H groups in total. The van der Waals surface area contributed by atoms with E-state index in [-0.39, 0.29) is 23.6 Å². The molecule has 0 bridgehead atoms. The minimum Gasteiger partial charge on any atom is -0.326 e. The summed E-state index contributed by atoms with van der Waals surface area (Å²) in [6.45, 7) is 3.36. The molecule has 156 valence electrons. The summed E-state index contributed by atoms with van der Waals surface area (Å²) >= 11 is 0. The Kier molecular flexibility index (Phi) is 6.46. The van der Waals surface area contributed by atoms with Crippen molar-refractivity contribution in [1.29, 1.82) is 0 Å². The van der Waals surface area contributed by atoms with Crippen molar-refractivity contribution in [3.05, 3.63) is 54.1 Å². The Bertz CT molecular complexity index is 971. The minimum atomic E-state index is -0.587. The second kappa shape index (κ2) is 9.21. The quantitative estimate of drug-likeness (QED) is 0.658. The molecule has 0 radical (unpaired) electrons. The van der Waals surface area contributed by atoms with Crippen LogP contribution in [0.2, 0.25) is 0 Å². The zero-order chi connectivity index (χ0) is 21.7. The topological polar surface area (TPSA) is 108 Å². The van der Waals surface area contributed by atoms with Gasteiger partial charge in [-0.3, -0.25) is 14.4 Å². The van der Waals surface area contributed by atoms with Crippen molar-refractivity contribution in [3.8, 4) is 0 Å². The van der Waals surface area contributed by atoms with Crippen molar-refractivity contribution in [1.82, 2.24) is 4.90 Å². The highest BCUT2D eigenvalue weighted by molar-refractivity contribution is 6.00. The van der Waals surface area contributed by atoms with E-state index in [0.29, 0.717) is 35.6 Å². The summed E-state index contributed by atoms with van der Waals surface area (Å²) in [4.78, 5) is 49.6. The molecule has 1 aliphatic heterocycles. The summed E-state index contributed by atoms with van der Waals surface area (Å²) in [7, 11) is 0. The van der Waals surface area contributed by atoms with Gasteiger partial charge in [0.05, 0.1) is 0 Å². The minimum absolute atomic E-state index is 0.0888. The van der Waals surface area contributed by atoms with Crippen LogP contribution in [0.25, 0.3) is 0 Å². The van der Waals surface area contributed by atoms with Crippen LogP contribution in [-0.4, -0.2) is 41.1 Å². The van der Waals surface area contributed by atoms with Gasteiger partial charge in [-0.15, -0.1) is 0 Å². The number of carbonyl (C=O) groups is 4. The molecule has 2 aromatic rings. The summed E-state index contributed by atoms with van der Waals surface area (Å²) < 4.78 is 0. The molecule has 1 aliphatic rings. The molecule has 30 heavy (non-hydrogen) atoms. The van der Waals surface area contributed by atoms with Gasteiger partial charge in [0.1, 0.15) is 6.04 Å². The van der Waals surface area contributed by atoms with Crippen LogP contribution in [0.1, 0.15) is 37.0 Å². The number of likely N-dealkylation sites (tertiary alicyclic amines) is 1. The molecule has 3 rings (SSSR count). The van der Waals surface area contributed by atoms with Gasteiger partial charge in [-0.2, -0.15) is 0 Å². The van der Waals surface area contributed by atoms with Gasteiger partial charge in [-0.05, 0) is 56.2 Å². The van der Waals surface area contributed by atoms with Gasteiger partial charge < -0.3 is 20.9 Å². The highest BCUT2D eigenvalue weighted by atomic mass is 16.2. The molecule has 2 aromatic carbocycles. The van der Waals surface area contributed by atoms with E-state index in [1.807, 2.05) is 0 Å². The first-order valence-corrected chi connectivity index (χ1v) is 9.70. The largest absolute Gasteiger partial charge is 0.326 e. The van der Waals surface area contributed by atoms with Crippen molar-refractivity contribution < 1.29 is 19.2 Å². The summed E-state index contributed by atoms with van der Waals surface area (Å²) in [6.07, 6.45) is 1.29. The van der Waals surface area contributed by atoms with Crippen molar-refractivity contribution >= 4 is 40.7 Å². The lowest BCUT2D eigenvalue weighted by Crippen LogP contribution is -2.45. The lowest BCUT2D eigenvalue weighted by molar-refractivity contribution is -0.119. The van der Waals surface area contributed by atoms with Crippen molar-refractivity contribution in [3.63, 3.8) is 0 Å². The summed E-state index contributed by atoms with van der Waals surface area (Å²) in [5.74, 6) is -0.533. The molecule has 1 fully saturated rings. The molecule has 0 spiro atoms. The van der Waals surface area contributed by atoms with E-state index in [1.54, 1.807) is 48.5 Å². The number of rotatable bonds is 5. The number of amides is 4. The maximum absolute atomic E-state index is 12.7. The van der Waals surface area contributed by atoms with Crippen LogP contribution in [0.3, 0.4) is 0 Å². The number of ketones is 1. The summed E-state index contributed by atoms with van der Waals surface area (Å²) in [5.41, 5.74) is 2.23. The fourth-order valence-electron chi connectivity index (χ4n) is 3.36. The third-order valence-corrected chi connectivity index (χ3v) is 4.81. The van der Waals surface area contributed by atoms with Crippen molar-refractivity contribution in [2.75, 3.05) is 22.5 Å². The molecule has 0 unspecified atom stereocenters. The second-order valence-corrected chi connectivity index (χ2v) is 7.17. The summed E-state index contributed by atoms with van der Waals surface area (Å²) in [5, 5.41) is 8.25. The first kappa shape index (κ1) is 21.0.